The SMILES string of the molecule is CCOP(=O)(OCC)C(N)(CC(=O)OC)P(=O)(OCC)OCC. The van der Waals surface area contributed by atoms with Gasteiger partial charge in [-0.05, 0) is 27.7 Å². The first kappa shape index (κ1) is 22.7. The Morgan fingerprint density at radius 3 is 1.39 bits per heavy atom. The van der Waals surface area contributed by atoms with Gasteiger partial charge in [-0.3, -0.25) is 13.9 Å². The lowest BCUT2D eigenvalue weighted by molar-refractivity contribution is -0.141. The number of carbonyl (C=O) groups is 1. The average molecular weight is 375 g/mol. The molecule has 0 aliphatic carbocycles. The molecule has 0 bridgehead atoms. The third-order valence-electron chi connectivity index (χ3n) is 2.78. The Labute approximate surface area is 137 Å². The molecule has 0 aliphatic rings. The summed E-state index contributed by atoms with van der Waals surface area (Å²) >= 11 is 0. The van der Waals surface area contributed by atoms with Gasteiger partial charge in [-0.25, -0.2) is 0 Å². The number of carbonyl (C=O) groups excluding carboxylic acids is 1. The highest BCUT2D eigenvalue weighted by Gasteiger charge is 2.64. The molecule has 0 amide bonds. The van der Waals surface area contributed by atoms with Gasteiger partial charge in [0.25, 0.3) is 0 Å². The fourth-order valence-corrected chi connectivity index (χ4v) is 6.77. The lowest BCUT2D eigenvalue weighted by Crippen LogP contribution is -2.44. The first-order valence-corrected chi connectivity index (χ1v) is 10.4. The fraction of sp³-hybridized carbons (Fsp3) is 0.917. The molecule has 0 aromatic rings. The Hall–Kier alpha value is -0.270. The number of rotatable bonds is 12. The van der Waals surface area contributed by atoms with Crippen LogP contribution in [-0.4, -0.2) is 44.5 Å². The number of hydrogen-bond donors (Lipinski definition) is 1. The van der Waals surface area contributed by atoms with Crippen LogP contribution in [0.15, 0.2) is 0 Å². The van der Waals surface area contributed by atoms with Gasteiger partial charge in [0.2, 0.25) is 5.02 Å². The topological polar surface area (TPSA) is 123 Å². The van der Waals surface area contributed by atoms with Crippen molar-refractivity contribution in [3.05, 3.63) is 0 Å². The second-order valence-corrected chi connectivity index (χ2v) is 9.27. The van der Waals surface area contributed by atoms with Crippen molar-refractivity contribution in [2.24, 2.45) is 5.73 Å². The van der Waals surface area contributed by atoms with Crippen molar-refractivity contribution in [1.82, 2.24) is 0 Å². The zero-order valence-electron chi connectivity index (χ0n) is 14.3. The van der Waals surface area contributed by atoms with Crippen molar-refractivity contribution in [3.63, 3.8) is 0 Å². The Morgan fingerprint density at radius 1 is 0.870 bits per heavy atom. The van der Waals surface area contributed by atoms with Crippen LogP contribution in [-0.2, 0) is 36.8 Å². The smallest absolute Gasteiger partial charge is 0.363 e. The molecule has 0 spiro atoms. The number of ether oxygens (including phenoxy) is 1. The maximum Gasteiger partial charge on any atom is 0.363 e. The standard InChI is InChI=1S/C12H27NO8P2/c1-6-18-22(15,19-7-2)12(13,10-11(14)17-5)23(16,20-8-3)21-9-4/h6-10,13H2,1-5H3. The van der Waals surface area contributed by atoms with E-state index in [2.05, 4.69) is 4.74 Å². The minimum absolute atomic E-state index is 0.0321. The van der Waals surface area contributed by atoms with E-state index in [0.717, 1.165) is 7.11 Å². The zero-order chi connectivity index (χ0) is 18.1. The summed E-state index contributed by atoms with van der Waals surface area (Å²) in [5.41, 5.74) is 6.15. The Kier molecular flexibility index (Phi) is 9.77. The predicted octanol–water partition coefficient (Wildman–Crippen LogP) is 2.69. The second kappa shape index (κ2) is 9.89. The molecule has 11 heteroatoms. The highest BCUT2D eigenvalue weighted by Crippen LogP contribution is 2.76. The second-order valence-electron chi connectivity index (χ2n) is 4.30. The van der Waals surface area contributed by atoms with Crippen LogP contribution in [0.1, 0.15) is 34.1 Å². The molecule has 0 saturated carbocycles. The van der Waals surface area contributed by atoms with Crippen molar-refractivity contribution in [2.45, 2.75) is 39.1 Å². The van der Waals surface area contributed by atoms with Crippen LogP contribution in [0.2, 0.25) is 0 Å². The molecule has 2 N–H and O–H groups in total. The largest absolute Gasteiger partial charge is 0.469 e. The van der Waals surface area contributed by atoms with Crippen LogP contribution in [0.25, 0.3) is 0 Å². The van der Waals surface area contributed by atoms with E-state index in [0.29, 0.717) is 0 Å². The number of hydrogen-bond acceptors (Lipinski definition) is 9. The van der Waals surface area contributed by atoms with Crippen molar-refractivity contribution >= 4 is 21.2 Å². The molecule has 0 aromatic carbocycles. The van der Waals surface area contributed by atoms with Gasteiger partial charge < -0.3 is 28.6 Å². The summed E-state index contributed by atoms with van der Waals surface area (Å²) in [5, 5.41) is -2.31. The maximum absolute atomic E-state index is 13.2. The van der Waals surface area contributed by atoms with Crippen LogP contribution in [0.4, 0.5) is 0 Å². The number of methoxy groups -OCH3 is 1. The highest BCUT2D eigenvalue weighted by atomic mass is 31.2. The molecule has 23 heavy (non-hydrogen) atoms. The van der Waals surface area contributed by atoms with Crippen LogP contribution >= 0.6 is 15.2 Å². The van der Waals surface area contributed by atoms with Crippen molar-refractivity contribution in [2.75, 3.05) is 33.5 Å². The van der Waals surface area contributed by atoms with Gasteiger partial charge in [-0.1, -0.05) is 0 Å². The number of esters is 1. The fourth-order valence-electron chi connectivity index (χ4n) is 1.83. The first-order chi connectivity index (χ1) is 10.7. The van der Waals surface area contributed by atoms with Gasteiger partial charge in [-0.15, -0.1) is 0 Å². The molecule has 138 valence electrons. The third kappa shape index (κ3) is 5.10. The van der Waals surface area contributed by atoms with E-state index in [9.17, 15) is 13.9 Å². The van der Waals surface area contributed by atoms with E-state index >= 15 is 0 Å². The summed E-state index contributed by atoms with van der Waals surface area (Å²) < 4.78 is 51.7. The lowest BCUT2D eigenvalue weighted by Gasteiger charge is -2.38. The molecule has 0 radical (unpaired) electrons. The minimum Gasteiger partial charge on any atom is -0.469 e. The summed E-state index contributed by atoms with van der Waals surface area (Å²) in [5.74, 6) is -0.841. The molecule has 0 heterocycles. The third-order valence-corrected chi connectivity index (χ3v) is 8.85. The lowest BCUT2D eigenvalue weighted by atomic mass is 10.4. The molecule has 0 unspecified atom stereocenters. The molecular formula is C12H27NO8P2. The van der Waals surface area contributed by atoms with Gasteiger partial charge in [0, 0.05) is 0 Å². The van der Waals surface area contributed by atoms with E-state index in [1.165, 1.54) is 0 Å². The van der Waals surface area contributed by atoms with Crippen molar-refractivity contribution in [1.29, 1.82) is 0 Å². The van der Waals surface area contributed by atoms with Crippen molar-refractivity contribution < 1.29 is 36.8 Å². The van der Waals surface area contributed by atoms with Gasteiger partial charge >= 0.3 is 21.2 Å². The summed E-state index contributed by atoms with van der Waals surface area (Å²) in [6, 6.07) is 0. The normalized spacial score (nSPS) is 13.1. The monoisotopic (exact) mass is 375 g/mol. The van der Waals surface area contributed by atoms with Crippen LogP contribution < -0.4 is 5.73 Å². The zero-order valence-corrected chi connectivity index (χ0v) is 16.1. The molecule has 9 nitrogen and oxygen atoms in total. The molecule has 0 aliphatic heterocycles. The molecule has 0 saturated heterocycles. The maximum atomic E-state index is 13.2. The summed E-state index contributed by atoms with van der Waals surface area (Å²) in [6.07, 6.45) is -0.710. The Bertz CT molecular complexity index is 420. The molecular weight excluding hydrogens is 348 g/mol. The molecule has 0 atom stereocenters. The van der Waals surface area contributed by atoms with Gasteiger partial charge in [0.1, 0.15) is 0 Å². The van der Waals surface area contributed by atoms with E-state index in [-0.39, 0.29) is 26.4 Å². The van der Waals surface area contributed by atoms with Crippen molar-refractivity contribution in [3.8, 4) is 0 Å². The van der Waals surface area contributed by atoms with Gasteiger partial charge in [0.05, 0.1) is 40.0 Å². The van der Waals surface area contributed by atoms with Crippen LogP contribution in [0.3, 0.4) is 0 Å². The van der Waals surface area contributed by atoms with E-state index in [1.807, 2.05) is 0 Å². The Morgan fingerprint density at radius 2 is 1.17 bits per heavy atom. The van der Waals surface area contributed by atoms with E-state index in [1.54, 1.807) is 27.7 Å². The number of nitrogens with two attached hydrogens (primary N) is 1. The van der Waals surface area contributed by atoms with Gasteiger partial charge in [0.15, 0.2) is 0 Å². The van der Waals surface area contributed by atoms with Gasteiger partial charge in [-0.2, -0.15) is 0 Å². The van der Waals surface area contributed by atoms with E-state index < -0.39 is 32.6 Å². The molecule has 0 fully saturated rings. The first-order valence-electron chi connectivity index (χ1n) is 7.34. The Balaban J connectivity index is 6.20. The van der Waals surface area contributed by atoms with Crippen LogP contribution in [0.5, 0.6) is 0 Å². The summed E-state index contributed by atoms with van der Waals surface area (Å²) in [6.45, 7) is 6.14. The highest BCUT2D eigenvalue weighted by molar-refractivity contribution is 7.74. The molecule has 0 rings (SSSR count). The minimum atomic E-state index is -4.23. The summed E-state index contributed by atoms with van der Waals surface area (Å²) in [7, 11) is -7.32. The molecule has 0 aromatic heterocycles. The van der Waals surface area contributed by atoms with Crippen LogP contribution in [0, 0.1) is 0 Å². The predicted molar refractivity (Wildman–Crippen MR) is 85.3 cm³/mol. The quantitative estimate of drug-likeness (QED) is 0.405. The summed E-state index contributed by atoms with van der Waals surface area (Å²) in [4.78, 5) is 11.8. The van der Waals surface area contributed by atoms with E-state index in [4.69, 9.17) is 23.8 Å². The average Bonchev–Trinajstić information content (AvgIpc) is 2.47.